The molecule has 1 aliphatic heterocycles. The number of hydrogen-bond donors (Lipinski definition) is 3. The molecule has 0 spiro atoms. The van der Waals surface area contributed by atoms with Crippen LogP contribution in [0.15, 0.2) is 12.7 Å². The zero-order valence-corrected chi connectivity index (χ0v) is 17.4. The predicted molar refractivity (Wildman–Crippen MR) is 111 cm³/mol. The molecule has 0 aromatic carbocycles. The molecule has 8 nitrogen and oxygen atoms in total. The van der Waals surface area contributed by atoms with E-state index < -0.39 is 24.5 Å². The maximum Gasteiger partial charge on any atom is 0.167 e. The van der Waals surface area contributed by atoms with Crippen LogP contribution in [0, 0.1) is 5.92 Å². The van der Waals surface area contributed by atoms with Crippen molar-refractivity contribution in [2.75, 3.05) is 17.2 Å². The molecule has 5 atom stereocenters. The molecule has 4 N–H and O–H groups in total. The molecule has 9 heteroatoms. The van der Waals surface area contributed by atoms with E-state index in [1.807, 2.05) is 0 Å². The maximum absolute atomic E-state index is 10.5. The molecule has 0 bridgehead atoms. The molecule has 0 aliphatic carbocycles. The highest BCUT2D eigenvalue weighted by Gasteiger charge is 2.44. The summed E-state index contributed by atoms with van der Waals surface area (Å²) in [5, 5.41) is 20.9. The van der Waals surface area contributed by atoms with Crippen LogP contribution in [0.5, 0.6) is 0 Å². The van der Waals surface area contributed by atoms with Crippen molar-refractivity contribution in [1.29, 1.82) is 0 Å². The summed E-state index contributed by atoms with van der Waals surface area (Å²) in [5.41, 5.74) is 6.76. The van der Waals surface area contributed by atoms with Gasteiger partial charge in [0.15, 0.2) is 17.7 Å². The molecule has 3 rings (SSSR count). The third kappa shape index (κ3) is 4.76. The Morgan fingerprint density at radius 3 is 2.82 bits per heavy atom. The summed E-state index contributed by atoms with van der Waals surface area (Å²) in [4.78, 5) is 12.3. The van der Waals surface area contributed by atoms with Crippen LogP contribution in [-0.2, 0) is 4.74 Å². The molecule has 2 aromatic rings. The second-order valence-corrected chi connectivity index (χ2v) is 8.74. The van der Waals surface area contributed by atoms with E-state index in [0.717, 1.165) is 12.2 Å². The van der Waals surface area contributed by atoms with E-state index in [2.05, 4.69) is 28.8 Å². The van der Waals surface area contributed by atoms with Crippen LogP contribution in [0.3, 0.4) is 0 Å². The number of unbranched alkanes of at least 4 members (excludes halogenated alkanes) is 2. The summed E-state index contributed by atoms with van der Waals surface area (Å²) in [6.45, 7) is 4.53. The molecule has 0 radical (unpaired) electrons. The lowest BCUT2D eigenvalue weighted by Crippen LogP contribution is -2.32. The fraction of sp³-hybridized carbons (Fsp3) is 0.737. The van der Waals surface area contributed by atoms with E-state index in [1.165, 1.54) is 38.3 Å². The van der Waals surface area contributed by atoms with E-state index in [-0.39, 0.29) is 5.82 Å². The summed E-state index contributed by atoms with van der Waals surface area (Å²) >= 11 is 1.76. The van der Waals surface area contributed by atoms with Gasteiger partial charge in [0.25, 0.3) is 0 Å². The zero-order valence-electron chi connectivity index (χ0n) is 16.6. The Morgan fingerprint density at radius 2 is 2.04 bits per heavy atom. The van der Waals surface area contributed by atoms with Crippen LogP contribution >= 0.6 is 11.8 Å². The number of anilines is 1. The second-order valence-electron chi connectivity index (χ2n) is 7.59. The van der Waals surface area contributed by atoms with Gasteiger partial charge in [0.2, 0.25) is 0 Å². The van der Waals surface area contributed by atoms with E-state index in [9.17, 15) is 10.2 Å². The Balaban J connectivity index is 1.52. The van der Waals surface area contributed by atoms with Gasteiger partial charge in [-0.05, 0) is 18.1 Å². The molecule has 1 aliphatic rings. The summed E-state index contributed by atoms with van der Waals surface area (Å²) < 4.78 is 7.58. The highest BCUT2D eigenvalue weighted by Crippen LogP contribution is 2.33. The zero-order chi connectivity index (χ0) is 20.1. The summed E-state index contributed by atoms with van der Waals surface area (Å²) in [7, 11) is 0. The number of aromatic nitrogens is 4. The van der Waals surface area contributed by atoms with Crippen LogP contribution in [0.25, 0.3) is 11.2 Å². The maximum atomic E-state index is 10.5. The number of hydrogen-bond acceptors (Lipinski definition) is 8. The van der Waals surface area contributed by atoms with Crippen molar-refractivity contribution in [3.8, 4) is 0 Å². The van der Waals surface area contributed by atoms with Crippen LogP contribution < -0.4 is 5.73 Å². The van der Waals surface area contributed by atoms with E-state index in [1.54, 1.807) is 16.3 Å². The number of nitrogen functional groups attached to an aromatic ring is 1. The molecule has 156 valence electrons. The summed E-state index contributed by atoms with van der Waals surface area (Å²) in [6, 6.07) is 0. The predicted octanol–water partition coefficient (Wildman–Crippen LogP) is 2.37. The smallest absolute Gasteiger partial charge is 0.167 e. The van der Waals surface area contributed by atoms with Crippen molar-refractivity contribution in [2.24, 2.45) is 5.92 Å². The first-order valence-corrected chi connectivity index (χ1v) is 11.2. The van der Waals surface area contributed by atoms with Crippen molar-refractivity contribution < 1.29 is 14.9 Å². The third-order valence-electron chi connectivity index (χ3n) is 5.34. The van der Waals surface area contributed by atoms with Gasteiger partial charge in [-0.3, -0.25) is 4.57 Å². The Bertz CT molecular complexity index is 758. The minimum absolute atomic E-state index is 0.275. The van der Waals surface area contributed by atoms with Gasteiger partial charge >= 0.3 is 0 Å². The lowest BCUT2D eigenvalue weighted by atomic mass is 10.0. The number of aliphatic hydroxyl groups is 2. The molecule has 0 saturated carbocycles. The topological polar surface area (TPSA) is 119 Å². The highest BCUT2D eigenvalue weighted by molar-refractivity contribution is 7.99. The first-order chi connectivity index (χ1) is 13.5. The number of nitrogens with two attached hydrogens (primary N) is 1. The van der Waals surface area contributed by atoms with Crippen LogP contribution in [0.2, 0.25) is 0 Å². The lowest BCUT2D eigenvalue weighted by Gasteiger charge is -2.16. The van der Waals surface area contributed by atoms with E-state index >= 15 is 0 Å². The monoisotopic (exact) mass is 409 g/mol. The first-order valence-electron chi connectivity index (χ1n) is 10.0. The number of nitrogens with zero attached hydrogens (tertiary/aromatic N) is 4. The number of ether oxygens (including phenoxy) is 1. The Kier molecular flexibility index (Phi) is 7.50. The number of aliphatic hydroxyl groups excluding tert-OH is 2. The quantitative estimate of drug-likeness (QED) is 0.512. The van der Waals surface area contributed by atoms with Crippen molar-refractivity contribution >= 4 is 28.7 Å². The summed E-state index contributed by atoms with van der Waals surface area (Å²) in [5.74, 6) is 2.66. The molecule has 3 heterocycles. The molecule has 0 amide bonds. The van der Waals surface area contributed by atoms with Crippen LogP contribution in [-0.4, -0.2) is 59.5 Å². The van der Waals surface area contributed by atoms with Gasteiger partial charge in [0, 0.05) is 5.75 Å². The summed E-state index contributed by atoms with van der Waals surface area (Å²) in [6.07, 6.45) is 5.99. The van der Waals surface area contributed by atoms with Gasteiger partial charge in [-0.25, -0.2) is 15.0 Å². The molecular weight excluding hydrogens is 378 g/mol. The number of imidazole rings is 1. The van der Waals surface area contributed by atoms with Gasteiger partial charge < -0.3 is 20.7 Å². The molecule has 1 saturated heterocycles. The van der Waals surface area contributed by atoms with Gasteiger partial charge in [0.1, 0.15) is 24.1 Å². The Hall–Kier alpha value is -1.42. The largest absolute Gasteiger partial charge is 0.387 e. The normalized spacial score (nSPS) is 26.1. The molecule has 1 unspecified atom stereocenters. The minimum Gasteiger partial charge on any atom is -0.387 e. The van der Waals surface area contributed by atoms with Gasteiger partial charge in [-0.15, -0.1) is 0 Å². The minimum atomic E-state index is -1.05. The van der Waals surface area contributed by atoms with Crippen molar-refractivity contribution in [3.05, 3.63) is 12.7 Å². The molecule has 28 heavy (non-hydrogen) atoms. The SMILES string of the molecule is CCCCCC(C)CCSC[C@H]1O[C@@H](n2cnc3c(N)ncnc32)[C@H](O)[C@@H]1O. The fourth-order valence-electron chi connectivity index (χ4n) is 3.52. The lowest BCUT2D eigenvalue weighted by molar-refractivity contribution is -0.0289. The van der Waals surface area contributed by atoms with E-state index in [4.69, 9.17) is 10.5 Å². The second kappa shape index (κ2) is 9.87. The first kappa shape index (κ1) is 21.3. The standard InChI is InChI=1S/C19H31N5O3S/c1-3-4-5-6-12(2)7-8-28-9-13-15(25)16(26)19(27-13)24-11-23-14-17(20)21-10-22-18(14)24/h10-13,15-16,19,25-26H,3-9H2,1-2H3,(H2,20,21,22)/t12?,13-,15-,16-,19-/m1/s1. The Labute approximate surface area is 169 Å². The van der Waals surface area contributed by atoms with Crippen LogP contribution in [0.4, 0.5) is 5.82 Å². The molecular formula is C19H31N5O3S. The van der Waals surface area contributed by atoms with Gasteiger partial charge in [-0.2, -0.15) is 11.8 Å². The average Bonchev–Trinajstić information content (AvgIpc) is 3.22. The van der Waals surface area contributed by atoms with Crippen molar-refractivity contribution in [1.82, 2.24) is 19.5 Å². The molecule has 2 aromatic heterocycles. The number of fused-ring (bicyclic) bond motifs is 1. The Morgan fingerprint density at radius 1 is 1.21 bits per heavy atom. The van der Waals surface area contributed by atoms with Gasteiger partial charge in [0.05, 0.1) is 12.4 Å². The van der Waals surface area contributed by atoms with Crippen molar-refractivity contribution in [3.63, 3.8) is 0 Å². The average molecular weight is 410 g/mol. The molecule has 1 fully saturated rings. The third-order valence-corrected chi connectivity index (χ3v) is 6.42. The van der Waals surface area contributed by atoms with Gasteiger partial charge in [-0.1, -0.05) is 39.5 Å². The van der Waals surface area contributed by atoms with E-state index in [0.29, 0.717) is 22.8 Å². The highest BCUT2D eigenvalue weighted by atomic mass is 32.2. The fourth-order valence-corrected chi connectivity index (χ4v) is 4.77. The van der Waals surface area contributed by atoms with Crippen LogP contribution in [0.1, 0.15) is 52.2 Å². The number of rotatable bonds is 10. The number of thioether (sulfide) groups is 1. The van der Waals surface area contributed by atoms with Crippen molar-refractivity contribution in [2.45, 2.75) is 70.5 Å².